The summed E-state index contributed by atoms with van der Waals surface area (Å²) < 4.78 is 25.2. The average Bonchev–Trinajstić information content (AvgIpc) is 2.97. The van der Waals surface area contributed by atoms with Gasteiger partial charge in [0, 0.05) is 32.7 Å². The summed E-state index contributed by atoms with van der Waals surface area (Å²) in [5.41, 5.74) is 0.454. The molecule has 3 fully saturated rings. The molecule has 0 unspecified atom stereocenters. The number of carbonyl (C=O) groups is 2. The highest BCUT2D eigenvalue weighted by molar-refractivity contribution is 7.88. The first-order chi connectivity index (χ1) is 14.3. The molecule has 4 rings (SSSR count). The van der Waals surface area contributed by atoms with E-state index >= 15 is 0 Å². The topological polar surface area (TPSA) is 90.0 Å². The van der Waals surface area contributed by atoms with Crippen LogP contribution in [0.4, 0.5) is 4.79 Å². The molecule has 30 heavy (non-hydrogen) atoms. The third kappa shape index (κ3) is 4.24. The van der Waals surface area contributed by atoms with Crippen molar-refractivity contribution >= 4 is 22.0 Å². The molecule has 0 aromatic heterocycles. The lowest BCUT2D eigenvalue weighted by Gasteiger charge is -2.38. The molecule has 1 N–H and O–H groups in total. The first-order valence-corrected chi connectivity index (χ1v) is 12.5. The first-order valence-electron chi connectivity index (χ1n) is 10.7. The molecule has 3 aliphatic heterocycles. The van der Waals surface area contributed by atoms with E-state index in [1.54, 1.807) is 0 Å². The molecule has 8 nitrogen and oxygen atoms in total. The highest BCUT2D eigenvalue weighted by Crippen LogP contribution is 2.32. The number of piperidine rings is 2. The highest BCUT2D eigenvalue weighted by Gasteiger charge is 2.54. The van der Waals surface area contributed by atoms with Crippen molar-refractivity contribution in [1.29, 1.82) is 0 Å². The summed E-state index contributed by atoms with van der Waals surface area (Å²) in [6, 6.07) is 9.56. The maximum Gasteiger partial charge on any atom is 0.325 e. The van der Waals surface area contributed by atoms with Gasteiger partial charge < -0.3 is 10.2 Å². The number of imide groups is 1. The molecule has 0 bridgehead atoms. The smallest absolute Gasteiger partial charge is 0.323 e. The Kier molecular flexibility index (Phi) is 5.87. The predicted molar refractivity (Wildman–Crippen MR) is 113 cm³/mol. The van der Waals surface area contributed by atoms with Crippen molar-refractivity contribution in [3.8, 4) is 0 Å². The molecule has 164 valence electrons. The first kappa shape index (κ1) is 21.3. The van der Waals surface area contributed by atoms with Gasteiger partial charge in [0.15, 0.2) is 0 Å². The Balaban J connectivity index is 1.37. The Morgan fingerprint density at radius 1 is 1.10 bits per heavy atom. The summed E-state index contributed by atoms with van der Waals surface area (Å²) in [7, 11) is -3.34. The molecule has 0 aliphatic carbocycles. The van der Waals surface area contributed by atoms with E-state index in [4.69, 9.17) is 0 Å². The van der Waals surface area contributed by atoms with Crippen LogP contribution in [-0.4, -0.2) is 85.0 Å². The fourth-order valence-corrected chi connectivity index (χ4v) is 5.74. The largest absolute Gasteiger partial charge is 0.325 e. The monoisotopic (exact) mass is 434 g/mol. The second kappa shape index (κ2) is 8.28. The Morgan fingerprint density at radius 3 is 2.47 bits per heavy atom. The van der Waals surface area contributed by atoms with Gasteiger partial charge in [0.2, 0.25) is 10.0 Å². The van der Waals surface area contributed by atoms with Gasteiger partial charge in [-0.2, -0.15) is 0 Å². The number of nitrogens with zero attached hydrogens (tertiary/aromatic N) is 3. The van der Waals surface area contributed by atoms with Crippen molar-refractivity contribution in [3.63, 3.8) is 0 Å². The summed E-state index contributed by atoms with van der Waals surface area (Å²) in [4.78, 5) is 29.7. The lowest BCUT2D eigenvalue weighted by atomic mass is 9.87. The van der Waals surface area contributed by atoms with Crippen molar-refractivity contribution in [2.24, 2.45) is 0 Å². The van der Waals surface area contributed by atoms with Crippen LogP contribution in [0.15, 0.2) is 30.3 Å². The van der Waals surface area contributed by atoms with Crippen molar-refractivity contribution in [2.45, 2.75) is 43.7 Å². The predicted octanol–water partition coefficient (Wildman–Crippen LogP) is 1.04. The lowest BCUT2D eigenvalue weighted by Crippen LogP contribution is -2.56. The Labute approximate surface area is 178 Å². The molecule has 1 aromatic rings. The number of benzene rings is 1. The third-order valence-corrected chi connectivity index (χ3v) is 7.93. The second-order valence-corrected chi connectivity index (χ2v) is 10.7. The molecule has 1 spiro atoms. The zero-order valence-electron chi connectivity index (χ0n) is 17.4. The molecule has 3 amide bonds. The molecular formula is C21H30N4O4S. The van der Waals surface area contributed by atoms with Gasteiger partial charge in [-0.3, -0.25) is 9.69 Å². The molecular weight excluding hydrogens is 404 g/mol. The number of sulfonamides is 1. The Morgan fingerprint density at radius 2 is 1.80 bits per heavy atom. The van der Waals surface area contributed by atoms with Crippen LogP contribution in [0.3, 0.4) is 0 Å². The number of hydrogen-bond donors (Lipinski definition) is 1. The van der Waals surface area contributed by atoms with Crippen LogP contribution in [0.25, 0.3) is 0 Å². The van der Waals surface area contributed by atoms with Crippen molar-refractivity contribution in [1.82, 2.24) is 19.4 Å². The van der Waals surface area contributed by atoms with Crippen LogP contribution in [0.5, 0.6) is 0 Å². The second-order valence-electron chi connectivity index (χ2n) is 8.68. The van der Waals surface area contributed by atoms with Crippen molar-refractivity contribution < 1.29 is 18.0 Å². The maximum absolute atomic E-state index is 13.3. The number of nitrogens with one attached hydrogen (secondary N) is 1. The van der Waals surface area contributed by atoms with Crippen molar-refractivity contribution in [3.05, 3.63) is 35.9 Å². The van der Waals surface area contributed by atoms with Crippen LogP contribution in [0.2, 0.25) is 0 Å². The number of hydrogen-bond acceptors (Lipinski definition) is 5. The minimum atomic E-state index is -3.34. The fourth-order valence-electron chi connectivity index (χ4n) is 4.83. The molecule has 0 saturated carbocycles. The third-order valence-electron chi connectivity index (χ3n) is 6.66. The van der Waals surface area contributed by atoms with E-state index in [1.165, 1.54) is 21.0 Å². The minimum Gasteiger partial charge on any atom is -0.323 e. The average molecular weight is 435 g/mol. The molecule has 3 heterocycles. The zero-order valence-corrected chi connectivity index (χ0v) is 18.2. The van der Waals surface area contributed by atoms with Crippen LogP contribution in [0.1, 0.15) is 31.2 Å². The lowest BCUT2D eigenvalue weighted by molar-refractivity contribution is -0.135. The van der Waals surface area contributed by atoms with Crippen LogP contribution < -0.4 is 5.32 Å². The van der Waals surface area contributed by atoms with Gasteiger partial charge in [0.05, 0.1) is 12.3 Å². The standard InChI is InChI=1S/C21H30N4O4S/c1-30(28,29)24-12-5-8-18(16-24)25-19(26)21(22-20(25)27)10-14-23(15-11-21)13-9-17-6-3-2-4-7-17/h2-4,6-7,18H,5,8-16H2,1H3,(H,22,27)/t18-/m1/s1. The summed E-state index contributed by atoms with van der Waals surface area (Å²) in [5.74, 6) is -0.185. The van der Waals surface area contributed by atoms with E-state index in [0.29, 0.717) is 32.2 Å². The molecule has 9 heteroatoms. The van der Waals surface area contributed by atoms with Crippen LogP contribution >= 0.6 is 0 Å². The van der Waals surface area contributed by atoms with Crippen LogP contribution in [0, 0.1) is 0 Å². The number of amides is 3. The Bertz CT molecular complexity index is 897. The van der Waals surface area contributed by atoms with E-state index in [0.717, 1.165) is 26.1 Å². The van der Waals surface area contributed by atoms with Gasteiger partial charge in [0.25, 0.3) is 5.91 Å². The van der Waals surface area contributed by atoms with Gasteiger partial charge in [-0.25, -0.2) is 17.5 Å². The van der Waals surface area contributed by atoms with Gasteiger partial charge in [-0.15, -0.1) is 0 Å². The SMILES string of the molecule is CS(=O)(=O)N1CCC[C@@H](N2C(=O)NC3(CCN(CCc4ccccc4)CC3)C2=O)C1. The van der Waals surface area contributed by atoms with Crippen molar-refractivity contribution in [2.75, 3.05) is 39.0 Å². The van der Waals surface area contributed by atoms with E-state index < -0.39 is 21.6 Å². The van der Waals surface area contributed by atoms with Crippen LogP contribution in [-0.2, 0) is 21.2 Å². The summed E-state index contributed by atoms with van der Waals surface area (Å²) in [5, 5.41) is 2.96. The molecule has 0 radical (unpaired) electrons. The van der Waals surface area contributed by atoms with Gasteiger partial charge in [0.1, 0.15) is 5.54 Å². The van der Waals surface area contributed by atoms with Gasteiger partial charge in [-0.05, 0) is 37.7 Å². The number of urea groups is 1. The summed E-state index contributed by atoms with van der Waals surface area (Å²) in [6.45, 7) is 3.08. The Hall–Kier alpha value is -1.97. The fraction of sp³-hybridized carbons (Fsp3) is 0.619. The van der Waals surface area contributed by atoms with E-state index in [2.05, 4.69) is 22.3 Å². The zero-order chi connectivity index (χ0) is 21.4. The maximum atomic E-state index is 13.3. The quantitative estimate of drug-likeness (QED) is 0.700. The molecule has 1 aromatic carbocycles. The highest BCUT2D eigenvalue weighted by atomic mass is 32.2. The molecule has 3 aliphatic rings. The minimum absolute atomic E-state index is 0.185. The molecule has 1 atom stereocenters. The molecule has 3 saturated heterocycles. The van der Waals surface area contributed by atoms with Gasteiger partial charge in [-0.1, -0.05) is 30.3 Å². The van der Waals surface area contributed by atoms with E-state index in [1.807, 2.05) is 18.2 Å². The number of likely N-dealkylation sites (tertiary alicyclic amines) is 1. The normalized spacial score (nSPS) is 25.6. The van der Waals surface area contributed by atoms with E-state index in [-0.39, 0.29) is 18.5 Å². The number of rotatable bonds is 5. The van der Waals surface area contributed by atoms with Gasteiger partial charge >= 0.3 is 6.03 Å². The summed E-state index contributed by atoms with van der Waals surface area (Å²) in [6.07, 6.45) is 4.61. The van der Waals surface area contributed by atoms with E-state index in [9.17, 15) is 18.0 Å². The summed E-state index contributed by atoms with van der Waals surface area (Å²) >= 11 is 0. The number of carbonyl (C=O) groups excluding carboxylic acids is 2.